The molecule has 1 heterocycles. The minimum absolute atomic E-state index is 0. The predicted octanol–water partition coefficient (Wildman–Crippen LogP) is 4.46. The molecule has 28 heavy (non-hydrogen) atoms. The molecule has 1 aliphatic heterocycles. The van der Waals surface area contributed by atoms with Gasteiger partial charge < -0.3 is 15.5 Å². The molecule has 0 amide bonds. The van der Waals surface area contributed by atoms with Crippen LogP contribution in [0.4, 0.5) is 0 Å². The molecule has 0 bridgehead atoms. The van der Waals surface area contributed by atoms with Gasteiger partial charge in [-0.25, -0.2) is 0 Å². The van der Waals surface area contributed by atoms with E-state index in [0.29, 0.717) is 12.6 Å². The van der Waals surface area contributed by atoms with Crippen LogP contribution in [0.2, 0.25) is 0 Å². The molecule has 5 heteroatoms. The Hall–Kier alpha value is 0.164. The molecule has 1 radical (unpaired) electrons. The molecule has 3 aliphatic rings. The number of rotatable bonds is 4. The van der Waals surface area contributed by atoms with Crippen LogP contribution in [0, 0.1) is 5.92 Å². The summed E-state index contributed by atoms with van der Waals surface area (Å²) in [4.78, 5) is 0. The van der Waals surface area contributed by atoms with Crippen LogP contribution in [0.3, 0.4) is 0 Å². The van der Waals surface area contributed by atoms with E-state index in [0.717, 1.165) is 44.6 Å². The topological polar surface area (TPSA) is 66.6 Å². The number of hydrogen-bond donors (Lipinski definition) is 3. The maximum absolute atomic E-state index is 9.83. The Morgan fingerprint density at radius 3 is 2.39 bits per heavy atom. The van der Waals surface area contributed by atoms with Crippen LogP contribution in [0.5, 0.6) is 0 Å². The molecule has 4 rings (SSSR count). The molecule has 1 aromatic rings. The van der Waals surface area contributed by atoms with Gasteiger partial charge in [0.1, 0.15) is 0 Å². The van der Waals surface area contributed by atoms with Crippen molar-refractivity contribution in [3.8, 4) is 0 Å². The Balaban J connectivity index is 0.000000208. The molecule has 2 aliphatic carbocycles. The first-order valence-corrected chi connectivity index (χ1v) is 11.0. The minimum Gasteiger partial charge on any atom is -0.655 e. The SMILES string of the molecule is OCNCC1(O)CCCCC1.[Y].c1ccc2c(c1)CC[N-]C2C1CCCCC1. The summed E-state index contributed by atoms with van der Waals surface area (Å²) in [5.74, 6) is 0.829. The zero-order chi connectivity index (χ0) is 19.0. The summed E-state index contributed by atoms with van der Waals surface area (Å²) in [6.45, 7) is 1.53. The van der Waals surface area contributed by atoms with Gasteiger partial charge in [-0.2, -0.15) is 0 Å². The van der Waals surface area contributed by atoms with E-state index in [1.165, 1.54) is 44.1 Å². The van der Waals surface area contributed by atoms with Crippen molar-refractivity contribution in [1.82, 2.24) is 5.32 Å². The van der Waals surface area contributed by atoms with Crippen LogP contribution < -0.4 is 5.32 Å². The number of hydrogen-bond acceptors (Lipinski definition) is 3. The van der Waals surface area contributed by atoms with Gasteiger partial charge in [0.2, 0.25) is 0 Å². The normalized spacial score (nSPS) is 24.3. The van der Waals surface area contributed by atoms with Crippen molar-refractivity contribution in [1.29, 1.82) is 0 Å². The first-order chi connectivity index (χ1) is 13.2. The minimum atomic E-state index is -0.541. The Morgan fingerprint density at radius 2 is 1.68 bits per heavy atom. The number of benzene rings is 1. The Morgan fingerprint density at radius 1 is 1.00 bits per heavy atom. The van der Waals surface area contributed by atoms with Crippen molar-refractivity contribution in [3.05, 3.63) is 40.7 Å². The fraction of sp³-hybridized carbons (Fsp3) is 0.739. The molecule has 0 aromatic heterocycles. The zero-order valence-corrected chi connectivity index (χ0v) is 20.1. The molecule has 155 valence electrons. The number of nitrogens with zero attached hydrogens (tertiary/aromatic N) is 1. The van der Waals surface area contributed by atoms with E-state index in [1.807, 2.05) is 0 Å². The van der Waals surface area contributed by atoms with Crippen molar-refractivity contribution >= 4 is 0 Å². The summed E-state index contributed by atoms with van der Waals surface area (Å²) < 4.78 is 0. The van der Waals surface area contributed by atoms with Crippen LogP contribution >= 0.6 is 0 Å². The van der Waals surface area contributed by atoms with Gasteiger partial charge in [0.15, 0.2) is 0 Å². The standard InChI is InChI=1S/C15H20N.C8H17NO2.Y/c1-2-7-13(8-3-1)15-14-9-5-4-6-12(14)10-11-16-15;10-7-9-6-8(11)4-2-1-3-5-8;/h4-6,9,13,15H,1-3,7-8,10-11H2;9-11H,1-7H2;/q-1;;. The van der Waals surface area contributed by atoms with E-state index in [9.17, 15) is 5.11 Å². The molecular formula is C23H37N2O2Y-. The third-order valence-electron chi connectivity index (χ3n) is 6.53. The number of aliphatic hydroxyl groups excluding tert-OH is 1. The smallest absolute Gasteiger partial charge is 0.0932 e. The largest absolute Gasteiger partial charge is 0.655 e. The van der Waals surface area contributed by atoms with Crippen LogP contribution in [-0.2, 0) is 39.1 Å². The van der Waals surface area contributed by atoms with Crippen molar-refractivity contribution in [2.24, 2.45) is 5.92 Å². The number of nitrogens with one attached hydrogen (secondary N) is 1. The molecule has 3 N–H and O–H groups in total. The molecule has 1 atom stereocenters. The van der Waals surface area contributed by atoms with Crippen molar-refractivity contribution < 1.29 is 42.9 Å². The van der Waals surface area contributed by atoms with Crippen molar-refractivity contribution in [2.75, 3.05) is 19.8 Å². The third kappa shape index (κ3) is 7.14. The summed E-state index contributed by atoms with van der Waals surface area (Å²) in [7, 11) is 0. The fourth-order valence-electron chi connectivity index (χ4n) is 5.00. The molecule has 4 nitrogen and oxygen atoms in total. The van der Waals surface area contributed by atoms with Gasteiger partial charge >= 0.3 is 0 Å². The van der Waals surface area contributed by atoms with E-state index in [4.69, 9.17) is 10.4 Å². The zero-order valence-electron chi connectivity index (χ0n) is 17.3. The van der Waals surface area contributed by atoms with Crippen LogP contribution in [-0.4, -0.2) is 35.6 Å². The fourth-order valence-corrected chi connectivity index (χ4v) is 5.00. The Labute approximate surface area is 196 Å². The van der Waals surface area contributed by atoms with E-state index >= 15 is 0 Å². The average molecular weight is 462 g/mol. The molecule has 2 fully saturated rings. The first kappa shape index (κ1) is 24.4. The Kier molecular flexibility index (Phi) is 11.1. The van der Waals surface area contributed by atoms with Gasteiger partial charge in [-0.15, -0.1) is 12.6 Å². The van der Waals surface area contributed by atoms with E-state index in [-0.39, 0.29) is 39.4 Å². The second kappa shape index (κ2) is 12.8. The first-order valence-electron chi connectivity index (χ1n) is 11.0. The van der Waals surface area contributed by atoms with Crippen LogP contribution in [0.15, 0.2) is 24.3 Å². The van der Waals surface area contributed by atoms with Gasteiger partial charge in [-0.05, 0) is 24.8 Å². The maximum Gasteiger partial charge on any atom is 0.0932 e. The van der Waals surface area contributed by atoms with Crippen LogP contribution in [0.25, 0.3) is 5.32 Å². The van der Waals surface area contributed by atoms with Gasteiger partial charge in [-0.1, -0.05) is 87.1 Å². The summed E-state index contributed by atoms with van der Waals surface area (Å²) in [6, 6.07) is 9.46. The second-order valence-corrected chi connectivity index (χ2v) is 8.57. The van der Waals surface area contributed by atoms with Gasteiger partial charge in [0, 0.05) is 39.3 Å². The summed E-state index contributed by atoms with van der Waals surface area (Å²) in [5.41, 5.74) is 2.54. The number of aliphatic hydroxyl groups is 2. The van der Waals surface area contributed by atoms with Gasteiger partial charge in [0.05, 0.1) is 12.3 Å². The predicted molar refractivity (Wildman–Crippen MR) is 111 cm³/mol. The van der Waals surface area contributed by atoms with Crippen molar-refractivity contribution in [2.45, 2.75) is 82.3 Å². The molecule has 2 saturated carbocycles. The van der Waals surface area contributed by atoms with E-state index < -0.39 is 5.60 Å². The third-order valence-corrected chi connectivity index (χ3v) is 6.53. The quantitative estimate of drug-likeness (QED) is 0.579. The van der Waals surface area contributed by atoms with Gasteiger partial charge in [0.25, 0.3) is 0 Å². The molecule has 0 saturated heterocycles. The summed E-state index contributed by atoms with van der Waals surface area (Å²) in [5, 5.41) is 26.0. The number of fused-ring (bicyclic) bond motifs is 1. The Bertz CT molecular complexity index is 557. The van der Waals surface area contributed by atoms with E-state index in [1.54, 1.807) is 5.56 Å². The monoisotopic (exact) mass is 462 g/mol. The molecule has 0 spiro atoms. The molecule has 1 aromatic carbocycles. The summed E-state index contributed by atoms with van der Waals surface area (Å²) in [6.07, 6.45) is 13.4. The maximum atomic E-state index is 9.83. The van der Waals surface area contributed by atoms with Gasteiger partial charge in [-0.3, -0.25) is 5.32 Å². The van der Waals surface area contributed by atoms with Crippen LogP contribution in [0.1, 0.15) is 81.4 Å². The summed E-state index contributed by atoms with van der Waals surface area (Å²) >= 11 is 0. The average Bonchev–Trinajstić information content (AvgIpc) is 2.73. The molecular weight excluding hydrogens is 425 g/mol. The molecule has 1 unspecified atom stereocenters. The van der Waals surface area contributed by atoms with Crippen molar-refractivity contribution in [3.63, 3.8) is 0 Å². The second-order valence-electron chi connectivity index (χ2n) is 8.57. The van der Waals surface area contributed by atoms with E-state index in [2.05, 4.69) is 29.6 Å².